The van der Waals surface area contributed by atoms with Crippen LogP contribution in [0.2, 0.25) is 0 Å². The van der Waals surface area contributed by atoms with Gasteiger partial charge >= 0.3 is 0 Å². The normalized spacial score (nSPS) is 20.3. The van der Waals surface area contributed by atoms with Gasteiger partial charge in [-0.25, -0.2) is 0 Å². The van der Waals surface area contributed by atoms with E-state index in [1.54, 1.807) is 0 Å². The summed E-state index contributed by atoms with van der Waals surface area (Å²) < 4.78 is 12.9. The summed E-state index contributed by atoms with van der Waals surface area (Å²) in [5.74, 6) is 1.28. The van der Waals surface area contributed by atoms with Gasteiger partial charge in [-0.3, -0.25) is 9.58 Å². The monoisotopic (exact) mass is 291 g/mol. The highest BCUT2D eigenvalue weighted by atomic mass is 16.5. The molecule has 1 aliphatic heterocycles. The van der Waals surface area contributed by atoms with Gasteiger partial charge < -0.3 is 9.26 Å². The van der Waals surface area contributed by atoms with E-state index in [1.165, 1.54) is 5.56 Å². The summed E-state index contributed by atoms with van der Waals surface area (Å²) in [5.41, 5.74) is 1.19. The van der Waals surface area contributed by atoms with Crippen LogP contribution in [0.5, 0.6) is 0 Å². The van der Waals surface area contributed by atoms with Crippen LogP contribution in [0.15, 0.2) is 16.9 Å². The highest BCUT2D eigenvalue weighted by molar-refractivity contribution is 5.06. The van der Waals surface area contributed by atoms with Crippen molar-refractivity contribution in [3.05, 3.63) is 29.7 Å². The minimum absolute atomic E-state index is 0.0161. The molecule has 7 nitrogen and oxygen atoms in total. The first kappa shape index (κ1) is 14.2. The standard InChI is InChI=1S/C14H21N5O2/c1-10(2)19-8-12(6-15-19)7-18-4-5-20-9-13(18)14-16-11(3)17-21-14/h6,8,10,13H,4-5,7,9H2,1-3H3/t13-/m1/s1. The lowest BCUT2D eigenvalue weighted by atomic mass is 10.2. The summed E-state index contributed by atoms with van der Waals surface area (Å²) in [7, 11) is 0. The molecule has 1 saturated heterocycles. The third-order valence-electron chi connectivity index (χ3n) is 3.64. The Morgan fingerprint density at radius 2 is 2.29 bits per heavy atom. The molecule has 2 aromatic heterocycles. The number of rotatable bonds is 4. The molecule has 0 radical (unpaired) electrons. The molecule has 3 heterocycles. The van der Waals surface area contributed by atoms with Crippen LogP contribution in [0, 0.1) is 6.92 Å². The third-order valence-corrected chi connectivity index (χ3v) is 3.64. The van der Waals surface area contributed by atoms with E-state index in [-0.39, 0.29) is 6.04 Å². The molecule has 3 rings (SSSR count). The maximum Gasteiger partial charge on any atom is 0.246 e. The van der Waals surface area contributed by atoms with Gasteiger partial charge in [0.05, 0.1) is 19.4 Å². The minimum Gasteiger partial charge on any atom is -0.378 e. The third kappa shape index (κ3) is 3.14. The first-order valence-electron chi connectivity index (χ1n) is 7.28. The Hall–Kier alpha value is -1.73. The van der Waals surface area contributed by atoms with Gasteiger partial charge in [-0.15, -0.1) is 0 Å². The number of nitrogens with zero attached hydrogens (tertiary/aromatic N) is 5. The number of aryl methyl sites for hydroxylation is 1. The summed E-state index contributed by atoms with van der Waals surface area (Å²) in [6, 6.07) is 0.389. The second kappa shape index (κ2) is 5.95. The summed E-state index contributed by atoms with van der Waals surface area (Å²) in [6.45, 7) is 9.03. The number of hydrogen-bond acceptors (Lipinski definition) is 6. The Labute approximate surface area is 123 Å². The number of morpholine rings is 1. The van der Waals surface area contributed by atoms with Crippen LogP contribution >= 0.6 is 0 Å². The smallest absolute Gasteiger partial charge is 0.246 e. The highest BCUT2D eigenvalue weighted by Gasteiger charge is 2.29. The maximum atomic E-state index is 5.57. The van der Waals surface area contributed by atoms with Crippen LogP contribution in [0.3, 0.4) is 0 Å². The van der Waals surface area contributed by atoms with Crippen molar-refractivity contribution in [2.75, 3.05) is 19.8 Å². The van der Waals surface area contributed by atoms with Crippen molar-refractivity contribution in [3.8, 4) is 0 Å². The Kier molecular flexibility index (Phi) is 4.03. The molecule has 0 aliphatic carbocycles. The molecule has 0 bridgehead atoms. The fourth-order valence-corrected chi connectivity index (χ4v) is 2.48. The Balaban J connectivity index is 1.74. The van der Waals surface area contributed by atoms with Gasteiger partial charge in [0.2, 0.25) is 5.89 Å². The Morgan fingerprint density at radius 3 is 2.95 bits per heavy atom. The maximum absolute atomic E-state index is 5.57. The van der Waals surface area contributed by atoms with E-state index >= 15 is 0 Å². The zero-order valence-corrected chi connectivity index (χ0v) is 12.7. The van der Waals surface area contributed by atoms with Crippen LogP contribution in [-0.4, -0.2) is 44.6 Å². The second-order valence-electron chi connectivity index (χ2n) is 5.66. The molecule has 1 atom stereocenters. The summed E-state index contributed by atoms with van der Waals surface area (Å²) >= 11 is 0. The largest absolute Gasteiger partial charge is 0.378 e. The number of hydrogen-bond donors (Lipinski definition) is 0. The van der Waals surface area contributed by atoms with Crippen LogP contribution in [-0.2, 0) is 11.3 Å². The highest BCUT2D eigenvalue weighted by Crippen LogP contribution is 2.24. The van der Waals surface area contributed by atoms with E-state index in [4.69, 9.17) is 9.26 Å². The summed E-state index contributed by atoms with van der Waals surface area (Å²) in [6.07, 6.45) is 4.02. The summed E-state index contributed by atoms with van der Waals surface area (Å²) in [5, 5.41) is 8.27. The van der Waals surface area contributed by atoms with E-state index in [1.807, 2.05) is 17.8 Å². The molecule has 0 amide bonds. The zero-order chi connectivity index (χ0) is 14.8. The van der Waals surface area contributed by atoms with E-state index in [2.05, 4.69) is 40.2 Å². The predicted octanol–water partition coefficient (Wildman–Crippen LogP) is 1.73. The average molecular weight is 291 g/mol. The average Bonchev–Trinajstić information content (AvgIpc) is 3.09. The van der Waals surface area contributed by atoms with Crippen LogP contribution in [0.4, 0.5) is 0 Å². The second-order valence-corrected chi connectivity index (χ2v) is 5.66. The fourth-order valence-electron chi connectivity index (χ4n) is 2.48. The molecule has 7 heteroatoms. The fraction of sp³-hybridized carbons (Fsp3) is 0.643. The van der Waals surface area contributed by atoms with Crippen molar-refractivity contribution < 1.29 is 9.26 Å². The van der Waals surface area contributed by atoms with Crippen molar-refractivity contribution >= 4 is 0 Å². The van der Waals surface area contributed by atoms with Crippen LogP contribution < -0.4 is 0 Å². The van der Waals surface area contributed by atoms with Gasteiger partial charge in [-0.05, 0) is 20.8 Å². The van der Waals surface area contributed by atoms with Crippen molar-refractivity contribution in [2.45, 2.75) is 39.4 Å². The van der Waals surface area contributed by atoms with Crippen molar-refractivity contribution in [2.24, 2.45) is 0 Å². The van der Waals surface area contributed by atoms with Gasteiger partial charge in [0, 0.05) is 30.9 Å². The first-order valence-corrected chi connectivity index (χ1v) is 7.28. The molecule has 0 N–H and O–H groups in total. The Morgan fingerprint density at radius 1 is 1.43 bits per heavy atom. The molecule has 2 aromatic rings. The van der Waals surface area contributed by atoms with Gasteiger partial charge in [0.25, 0.3) is 0 Å². The van der Waals surface area contributed by atoms with Gasteiger partial charge in [-0.2, -0.15) is 10.1 Å². The molecule has 21 heavy (non-hydrogen) atoms. The SMILES string of the molecule is Cc1noc([C@H]2COCCN2Cc2cnn(C(C)C)c2)n1. The van der Waals surface area contributed by atoms with Crippen LogP contribution in [0.25, 0.3) is 0 Å². The van der Waals surface area contributed by atoms with E-state index < -0.39 is 0 Å². The lowest BCUT2D eigenvalue weighted by Crippen LogP contribution is -2.39. The van der Waals surface area contributed by atoms with Gasteiger partial charge in [-0.1, -0.05) is 5.16 Å². The van der Waals surface area contributed by atoms with E-state index in [0.29, 0.717) is 24.4 Å². The minimum atomic E-state index is 0.0161. The van der Waals surface area contributed by atoms with Crippen LogP contribution in [0.1, 0.15) is 43.2 Å². The zero-order valence-electron chi connectivity index (χ0n) is 12.7. The van der Waals surface area contributed by atoms with Crippen molar-refractivity contribution in [3.63, 3.8) is 0 Å². The molecular formula is C14H21N5O2. The lowest BCUT2D eigenvalue weighted by molar-refractivity contribution is -0.0241. The topological polar surface area (TPSA) is 69.2 Å². The molecule has 1 fully saturated rings. The molecule has 0 unspecified atom stereocenters. The van der Waals surface area contributed by atoms with Crippen molar-refractivity contribution in [1.29, 1.82) is 0 Å². The van der Waals surface area contributed by atoms with E-state index in [9.17, 15) is 0 Å². The molecule has 0 aromatic carbocycles. The summed E-state index contributed by atoms with van der Waals surface area (Å²) in [4.78, 5) is 6.64. The number of ether oxygens (including phenoxy) is 1. The predicted molar refractivity (Wildman–Crippen MR) is 75.6 cm³/mol. The number of aromatic nitrogens is 4. The lowest BCUT2D eigenvalue weighted by Gasteiger charge is -2.32. The van der Waals surface area contributed by atoms with Gasteiger partial charge in [0.15, 0.2) is 5.82 Å². The van der Waals surface area contributed by atoms with Crippen molar-refractivity contribution in [1.82, 2.24) is 24.8 Å². The molecule has 114 valence electrons. The van der Waals surface area contributed by atoms with E-state index in [0.717, 1.165) is 19.7 Å². The quantitative estimate of drug-likeness (QED) is 0.854. The molecule has 1 aliphatic rings. The van der Waals surface area contributed by atoms with Gasteiger partial charge in [0.1, 0.15) is 6.04 Å². The Bertz CT molecular complexity index is 592. The molecular weight excluding hydrogens is 270 g/mol. The molecule has 0 spiro atoms. The molecule has 0 saturated carbocycles. The first-order chi connectivity index (χ1) is 10.1.